The number of nitrogens with one attached hydrogen (secondary N) is 2. The van der Waals surface area contributed by atoms with Gasteiger partial charge in [0.25, 0.3) is 0 Å². The lowest BCUT2D eigenvalue weighted by molar-refractivity contribution is -0.138. The highest BCUT2D eigenvalue weighted by Crippen LogP contribution is 2.15. The molecule has 8 nitrogen and oxygen atoms in total. The molecule has 8 heteroatoms. The van der Waals surface area contributed by atoms with E-state index in [-0.39, 0.29) is 0 Å². The van der Waals surface area contributed by atoms with Gasteiger partial charge in [0.15, 0.2) is 6.10 Å². The summed E-state index contributed by atoms with van der Waals surface area (Å²) in [7, 11) is 0. The molecule has 0 spiro atoms. The number of rotatable bonds is 8. The van der Waals surface area contributed by atoms with Gasteiger partial charge in [-0.25, -0.2) is 14.6 Å². The van der Waals surface area contributed by atoms with Gasteiger partial charge in [0.05, 0.1) is 17.6 Å². The first-order valence-corrected chi connectivity index (χ1v) is 8.60. The fourth-order valence-electron chi connectivity index (χ4n) is 2.56. The lowest BCUT2D eigenvalue weighted by atomic mass is 9.99. The van der Waals surface area contributed by atoms with Crippen LogP contribution in [0, 0.1) is 0 Å². The number of amides is 1. The Morgan fingerprint density at radius 1 is 1.38 bits per heavy atom. The van der Waals surface area contributed by atoms with Crippen molar-refractivity contribution in [1.29, 1.82) is 0 Å². The van der Waals surface area contributed by atoms with Crippen molar-refractivity contribution in [3.8, 4) is 0 Å². The van der Waals surface area contributed by atoms with Gasteiger partial charge in [-0.3, -0.25) is 0 Å². The second kappa shape index (κ2) is 7.84. The lowest BCUT2D eigenvalue weighted by Crippen LogP contribution is -2.44. The highest BCUT2D eigenvalue weighted by molar-refractivity contribution is 5.88. The number of fused-ring (bicyclic) bond motifs is 1. The van der Waals surface area contributed by atoms with Gasteiger partial charge < -0.3 is 24.5 Å². The highest BCUT2D eigenvalue weighted by Gasteiger charge is 2.35. The van der Waals surface area contributed by atoms with Gasteiger partial charge in [-0.1, -0.05) is 12.1 Å². The number of para-hydroxylation sites is 2. The minimum absolute atomic E-state index is 0.318. The van der Waals surface area contributed by atoms with Gasteiger partial charge >= 0.3 is 12.1 Å². The molecule has 26 heavy (non-hydrogen) atoms. The standard InChI is InChI=1S/C18H23N3O5/c1-18(2,21-17(23)26-16(22)14-10-25-14)8-5-9-24-11-15-19-12-6-3-4-7-13(12)20-15/h3-4,6-7,14H,5,8-11H2,1-2H3,(H,19,20)(H,21,23). The number of aromatic nitrogens is 2. The van der Waals surface area contributed by atoms with E-state index in [4.69, 9.17) is 9.47 Å². The van der Waals surface area contributed by atoms with Crippen LogP contribution in [-0.2, 0) is 25.6 Å². The zero-order valence-electron chi connectivity index (χ0n) is 14.9. The summed E-state index contributed by atoms with van der Waals surface area (Å²) in [6.45, 7) is 4.99. The predicted octanol–water partition coefficient (Wildman–Crippen LogP) is 2.29. The van der Waals surface area contributed by atoms with Crippen LogP contribution in [-0.4, -0.2) is 46.9 Å². The van der Waals surface area contributed by atoms with Crippen molar-refractivity contribution in [1.82, 2.24) is 15.3 Å². The summed E-state index contributed by atoms with van der Waals surface area (Å²) < 4.78 is 15.1. The molecule has 1 aromatic heterocycles. The summed E-state index contributed by atoms with van der Waals surface area (Å²) in [4.78, 5) is 30.7. The van der Waals surface area contributed by atoms with Crippen molar-refractivity contribution in [3.05, 3.63) is 30.1 Å². The van der Waals surface area contributed by atoms with E-state index in [2.05, 4.69) is 20.0 Å². The van der Waals surface area contributed by atoms with Crippen molar-refractivity contribution in [2.45, 2.75) is 44.9 Å². The fraction of sp³-hybridized carbons (Fsp3) is 0.500. The average molecular weight is 361 g/mol. The molecular formula is C18H23N3O5. The number of carbonyl (C=O) groups is 2. The normalized spacial score (nSPS) is 16.5. The average Bonchev–Trinajstić information content (AvgIpc) is 3.34. The Kier molecular flexibility index (Phi) is 5.53. The Bertz CT molecular complexity index is 749. The maximum absolute atomic E-state index is 11.7. The summed E-state index contributed by atoms with van der Waals surface area (Å²) >= 11 is 0. The molecule has 140 valence electrons. The third-order valence-corrected chi connectivity index (χ3v) is 4.00. The van der Waals surface area contributed by atoms with E-state index >= 15 is 0 Å². The molecule has 0 aliphatic carbocycles. The van der Waals surface area contributed by atoms with Gasteiger partial charge in [0, 0.05) is 12.1 Å². The van der Waals surface area contributed by atoms with Crippen LogP contribution in [0.25, 0.3) is 11.0 Å². The Hall–Kier alpha value is -2.45. The molecular weight excluding hydrogens is 338 g/mol. The second-order valence-corrected chi connectivity index (χ2v) is 6.90. The van der Waals surface area contributed by atoms with Crippen LogP contribution in [0.1, 0.15) is 32.5 Å². The molecule has 0 bridgehead atoms. The van der Waals surface area contributed by atoms with Gasteiger partial charge in [0.1, 0.15) is 12.4 Å². The Morgan fingerprint density at radius 3 is 2.88 bits per heavy atom. The number of epoxide rings is 1. The minimum Gasteiger partial charge on any atom is -0.374 e. The van der Waals surface area contributed by atoms with E-state index in [1.807, 2.05) is 38.1 Å². The van der Waals surface area contributed by atoms with Crippen molar-refractivity contribution in [2.24, 2.45) is 0 Å². The number of hydrogen-bond acceptors (Lipinski definition) is 6. The minimum atomic E-state index is -0.751. The molecule has 1 amide bonds. The van der Waals surface area contributed by atoms with Gasteiger partial charge in [0.2, 0.25) is 0 Å². The first-order valence-electron chi connectivity index (χ1n) is 8.60. The maximum atomic E-state index is 11.7. The molecule has 0 saturated carbocycles. The number of benzene rings is 1. The second-order valence-electron chi connectivity index (χ2n) is 6.90. The number of imidazole rings is 1. The van der Waals surface area contributed by atoms with Crippen molar-refractivity contribution < 1.29 is 23.8 Å². The van der Waals surface area contributed by atoms with E-state index in [1.54, 1.807) is 0 Å². The molecule has 2 N–H and O–H groups in total. The number of alkyl carbamates (subject to hydrolysis) is 1. The lowest BCUT2D eigenvalue weighted by Gasteiger charge is -2.25. The molecule has 1 unspecified atom stereocenters. The molecule has 1 saturated heterocycles. The maximum Gasteiger partial charge on any atom is 0.415 e. The molecule has 2 heterocycles. The SMILES string of the molecule is CC(C)(CCCOCc1nc2ccccc2[nH]1)NC(=O)OC(=O)C1CO1. The largest absolute Gasteiger partial charge is 0.415 e. The number of hydrogen-bond donors (Lipinski definition) is 2. The Morgan fingerprint density at radius 2 is 2.15 bits per heavy atom. The zero-order valence-corrected chi connectivity index (χ0v) is 14.9. The first-order chi connectivity index (χ1) is 12.4. The molecule has 1 fully saturated rings. The van der Waals surface area contributed by atoms with Crippen LogP contribution >= 0.6 is 0 Å². The molecule has 1 aliphatic rings. The van der Waals surface area contributed by atoms with Crippen LogP contribution in [0.2, 0.25) is 0 Å². The zero-order chi connectivity index (χ0) is 18.6. The summed E-state index contributed by atoms with van der Waals surface area (Å²) in [5.41, 5.74) is 1.40. The van der Waals surface area contributed by atoms with Crippen LogP contribution in [0.3, 0.4) is 0 Å². The van der Waals surface area contributed by atoms with E-state index < -0.39 is 23.7 Å². The molecule has 1 atom stereocenters. The number of esters is 1. The van der Waals surface area contributed by atoms with E-state index in [0.29, 0.717) is 26.2 Å². The van der Waals surface area contributed by atoms with Crippen LogP contribution in [0.15, 0.2) is 24.3 Å². The summed E-state index contributed by atoms with van der Waals surface area (Å²) in [5.74, 6) is 0.139. The third kappa shape index (κ3) is 5.27. The van der Waals surface area contributed by atoms with Crippen LogP contribution in [0.4, 0.5) is 4.79 Å². The highest BCUT2D eigenvalue weighted by atomic mass is 16.6. The fourth-order valence-corrected chi connectivity index (χ4v) is 2.56. The molecule has 1 aromatic carbocycles. The van der Waals surface area contributed by atoms with Gasteiger partial charge in [-0.2, -0.15) is 0 Å². The van der Waals surface area contributed by atoms with Gasteiger partial charge in [-0.05, 0) is 38.8 Å². The summed E-state index contributed by atoms with van der Waals surface area (Å²) in [5, 5.41) is 2.68. The van der Waals surface area contributed by atoms with Crippen molar-refractivity contribution in [3.63, 3.8) is 0 Å². The quantitative estimate of drug-likeness (QED) is 0.323. The number of aromatic amines is 1. The van der Waals surface area contributed by atoms with E-state index in [1.165, 1.54) is 0 Å². The number of carbonyl (C=O) groups excluding carboxylic acids is 2. The topological polar surface area (TPSA) is 106 Å². The predicted molar refractivity (Wildman–Crippen MR) is 93.4 cm³/mol. The third-order valence-electron chi connectivity index (χ3n) is 4.00. The van der Waals surface area contributed by atoms with Crippen molar-refractivity contribution >= 4 is 23.1 Å². The van der Waals surface area contributed by atoms with E-state index in [0.717, 1.165) is 23.3 Å². The molecule has 0 radical (unpaired) electrons. The smallest absolute Gasteiger partial charge is 0.374 e. The Labute approximate surface area is 151 Å². The monoisotopic (exact) mass is 361 g/mol. The molecule has 3 rings (SSSR count). The first kappa shape index (κ1) is 18.3. The van der Waals surface area contributed by atoms with Crippen LogP contribution in [0.5, 0.6) is 0 Å². The van der Waals surface area contributed by atoms with Gasteiger partial charge in [-0.15, -0.1) is 0 Å². The number of nitrogens with zero attached hydrogens (tertiary/aromatic N) is 1. The number of H-pyrrole nitrogens is 1. The van der Waals surface area contributed by atoms with E-state index in [9.17, 15) is 9.59 Å². The number of ether oxygens (including phenoxy) is 3. The summed E-state index contributed by atoms with van der Waals surface area (Å²) in [6.07, 6.45) is 0.0815. The van der Waals surface area contributed by atoms with Crippen molar-refractivity contribution in [2.75, 3.05) is 13.2 Å². The molecule has 1 aliphatic heterocycles. The summed E-state index contributed by atoms with van der Waals surface area (Å²) in [6, 6.07) is 7.82. The Balaban J connectivity index is 1.33. The van der Waals surface area contributed by atoms with Crippen LogP contribution < -0.4 is 5.32 Å². The molecule has 2 aromatic rings.